The maximum atomic E-state index is 12.7. The number of rotatable bonds is 6. The molecule has 0 radical (unpaired) electrons. The Morgan fingerprint density at radius 1 is 1.45 bits per heavy atom. The number of carbonyl (C=O) groups is 2. The number of nitrogens with one attached hydrogen (secondary N) is 1. The molecule has 1 unspecified atom stereocenters. The van der Waals surface area contributed by atoms with E-state index in [0.717, 1.165) is 31.4 Å². The van der Waals surface area contributed by atoms with Crippen LogP contribution in [-0.2, 0) is 4.79 Å². The zero-order chi connectivity index (χ0) is 15.7. The Labute approximate surface area is 132 Å². The molecule has 1 amide bonds. The van der Waals surface area contributed by atoms with Crippen molar-refractivity contribution < 1.29 is 14.7 Å². The van der Waals surface area contributed by atoms with Crippen LogP contribution in [0.5, 0.6) is 0 Å². The average molecular weight is 324 g/mol. The first-order chi connectivity index (χ1) is 10.6. The van der Waals surface area contributed by atoms with Crippen LogP contribution in [0.2, 0.25) is 0 Å². The highest BCUT2D eigenvalue weighted by atomic mass is 32.2. The van der Waals surface area contributed by atoms with Crippen molar-refractivity contribution in [2.24, 2.45) is 5.41 Å². The van der Waals surface area contributed by atoms with E-state index in [1.165, 1.54) is 0 Å². The molecule has 1 aliphatic carbocycles. The predicted molar refractivity (Wildman–Crippen MR) is 81.7 cm³/mol. The predicted octanol–water partition coefficient (Wildman–Crippen LogP) is 1.70. The first kappa shape index (κ1) is 15.3. The molecule has 1 aromatic rings. The van der Waals surface area contributed by atoms with Crippen LogP contribution >= 0.6 is 11.8 Å². The molecular weight excluding hydrogens is 304 g/mol. The number of hydrogen-bond acceptors (Lipinski definition) is 5. The zero-order valence-corrected chi connectivity index (χ0v) is 13.4. The van der Waals surface area contributed by atoms with E-state index in [0.29, 0.717) is 18.7 Å². The van der Waals surface area contributed by atoms with E-state index in [9.17, 15) is 14.7 Å². The van der Waals surface area contributed by atoms with E-state index in [1.807, 2.05) is 0 Å². The zero-order valence-electron chi connectivity index (χ0n) is 12.5. The van der Waals surface area contributed by atoms with Gasteiger partial charge in [0.25, 0.3) is 0 Å². The molecule has 0 bridgehead atoms. The number of carboxylic acids is 1. The van der Waals surface area contributed by atoms with Crippen molar-refractivity contribution in [1.82, 2.24) is 20.3 Å². The minimum atomic E-state index is -1.11. The maximum Gasteiger partial charge on any atom is 0.358 e. The van der Waals surface area contributed by atoms with Gasteiger partial charge in [-0.3, -0.25) is 4.79 Å². The number of nitrogens with zero attached hydrogens (tertiary/aromatic N) is 3. The average Bonchev–Trinajstić information content (AvgIpc) is 2.96. The van der Waals surface area contributed by atoms with Gasteiger partial charge in [-0.25, -0.2) is 4.79 Å². The number of aromatic carboxylic acids is 1. The summed E-state index contributed by atoms with van der Waals surface area (Å²) in [6, 6.07) is -0.262. The number of aromatic nitrogens is 3. The van der Waals surface area contributed by atoms with E-state index in [2.05, 4.69) is 21.7 Å². The number of amides is 1. The molecule has 2 aliphatic rings. The van der Waals surface area contributed by atoms with Crippen LogP contribution in [0.25, 0.3) is 0 Å². The van der Waals surface area contributed by atoms with Crippen molar-refractivity contribution >= 4 is 23.6 Å². The molecule has 120 valence electrons. The van der Waals surface area contributed by atoms with Gasteiger partial charge in [0, 0.05) is 13.0 Å². The van der Waals surface area contributed by atoms with Gasteiger partial charge in [0.15, 0.2) is 5.69 Å². The van der Waals surface area contributed by atoms with Crippen molar-refractivity contribution in [2.75, 3.05) is 18.6 Å². The number of carbonyl (C=O) groups excluding carboxylic acids is 1. The van der Waals surface area contributed by atoms with Crippen LogP contribution in [-0.4, -0.2) is 55.8 Å². The summed E-state index contributed by atoms with van der Waals surface area (Å²) in [4.78, 5) is 25.7. The van der Waals surface area contributed by atoms with Gasteiger partial charge in [-0.2, -0.15) is 22.1 Å². The van der Waals surface area contributed by atoms with Crippen molar-refractivity contribution in [1.29, 1.82) is 0 Å². The lowest BCUT2D eigenvalue weighted by Crippen LogP contribution is -2.33. The van der Waals surface area contributed by atoms with Crippen LogP contribution in [0, 0.1) is 5.41 Å². The molecule has 8 heteroatoms. The number of likely N-dealkylation sites (tertiary alicyclic amines) is 1. The molecule has 22 heavy (non-hydrogen) atoms. The Morgan fingerprint density at radius 3 is 2.86 bits per heavy atom. The fourth-order valence-electron chi connectivity index (χ4n) is 3.26. The lowest BCUT2D eigenvalue weighted by Gasteiger charge is -2.25. The first-order valence-electron chi connectivity index (χ1n) is 7.49. The van der Waals surface area contributed by atoms with Gasteiger partial charge in [-0.05, 0) is 43.1 Å². The second-order valence-electron chi connectivity index (χ2n) is 6.22. The van der Waals surface area contributed by atoms with Crippen LogP contribution in [0.15, 0.2) is 0 Å². The van der Waals surface area contributed by atoms with Crippen molar-refractivity contribution in [3.05, 3.63) is 11.4 Å². The van der Waals surface area contributed by atoms with Gasteiger partial charge in [0.1, 0.15) is 5.69 Å². The van der Waals surface area contributed by atoms with Gasteiger partial charge in [0.05, 0.1) is 6.04 Å². The topological polar surface area (TPSA) is 99.2 Å². The molecule has 1 saturated carbocycles. The largest absolute Gasteiger partial charge is 0.476 e. The number of H-pyrrole nitrogens is 1. The van der Waals surface area contributed by atoms with Crippen molar-refractivity contribution in [3.8, 4) is 0 Å². The molecule has 1 aliphatic heterocycles. The van der Waals surface area contributed by atoms with Crippen molar-refractivity contribution in [2.45, 2.75) is 38.1 Å². The van der Waals surface area contributed by atoms with Gasteiger partial charge in [0.2, 0.25) is 5.91 Å². The maximum absolute atomic E-state index is 12.7. The highest BCUT2D eigenvalue weighted by Crippen LogP contribution is 2.51. The number of carboxylic acid groups (broad SMARTS) is 1. The van der Waals surface area contributed by atoms with Crippen LogP contribution in [0.1, 0.15) is 54.3 Å². The summed E-state index contributed by atoms with van der Waals surface area (Å²) in [5.74, 6) is 0.0270. The summed E-state index contributed by atoms with van der Waals surface area (Å²) in [6.07, 6.45) is 6.47. The summed E-state index contributed by atoms with van der Waals surface area (Å²) in [5.41, 5.74) is 0.478. The third kappa shape index (κ3) is 2.84. The minimum absolute atomic E-state index is 0.0741. The van der Waals surface area contributed by atoms with Crippen molar-refractivity contribution in [3.63, 3.8) is 0 Å². The van der Waals surface area contributed by atoms with E-state index in [4.69, 9.17) is 0 Å². The summed E-state index contributed by atoms with van der Waals surface area (Å²) < 4.78 is 0. The fourth-order valence-corrected chi connectivity index (χ4v) is 4.26. The molecule has 0 spiro atoms. The summed E-state index contributed by atoms with van der Waals surface area (Å²) in [7, 11) is 0. The van der Waals surface area contributed by atoms with Gasteiger partial charge >= 0.3 is 5.97 Å². The van der Waals surface area contributed by atoms with E-state index in [-0.39, 0.29) is 23.1 Å². The van der Waals surface area contributed by atoms with E-state index in [1.54, 1.807) is 16.7 Å². The summed E-state index contributed by atoms with van der Waals surface area (Å²) in [5, 5.41) is 19.2. The Hall–Kier alpha value is -1.57. The van der Waals surface area contributed by atoms with Crippen LogP contribution in [0.3, 0.4) is 0 Å². The lowest BCUT2D eigenvalue weighted by atomic mass is 10.0. The molecule has 0 aromatic carbocycles. The molecule has 1 saturated heterocycles. The fraction of sp³-hybridized carbons (Fsp3) is 0.714. The molecule has 1 atom stereocenters. The SMILES string of the molecule is CSCC1(CC(=O)N2CCCC2c2n[nH]nc2C(=O)O)CC1. The lowest BCUT2D eigenvalue weighted by molar-refractivity contribution is -0.133. The second-order valence-corrected chi connectivity index (χ2v) is 7.08. The number of aromatic amines is 1. The standard InChI is InChI=1S/C14H20N4O3S/c1-22-8-14(4-5-14)7-10(19)18-6-2-3-9(18)11-12(13(20)21)16-17-15-11/h9H,2-8H2,1H3,(H,20,21)(H,15,16,17). The number of thioether (sulfide) groups is 1. The molecule has 2 N–H and O–H groups in total. The van der Waals surface area contributed by atoms with E-state index >= 15 is 0 Å². The second kappa shape index (κ2) is 5.91. The Morgan fingerprint density at radius 2 is 2.23 bits per heavy atom. The third-order valence-corrected chi connectivity index (χ3v) is 5.50. The molecular formula is C14H20N4O3S. The Kier molecular flexibility index (Phi) is 4.12. The normalized spacial score (nSPS) is 22.8. The van der Waals surface area contributed by atoms with E-state index < -0.39 is 5.97 Å². The van der Waals surface area contributed by atoms with Crippen LogP contribution < -0.4 is 0 Å². The van der Waals surface area contributed by atoms with Crippen LogP contribution in [0.4, 0.5) is 0 Å². The molecule has 7 nitrogen and oxygen atoms in total. The molecule has 2 heterocycles. The summed E-state index contributed by atoms with van der Waals surface area (Å²) in [6.45, 7) is 0.671. The number of hydrogen-bond donors (Lipinski definition) is 2. The molecule has 3 rings (SSSR count). The Bertz CT molecular complexity index is 584. The molecule has 1 aromatic heterocycles. The first-order valence-corrected chi connectivity index (χ1v) is 8.88. The highest BCUT2D eigenvalue weighted by molar-refractivity contribution is 7.98. The third-order valence-electron chi connectivity index (χ3n) is 4.60. The Balaban J connectivity index is 1.74. The highest BCUT2D eigenvalue weighted by Gasteiger charge is 2.46. The summed E-state index contributed by atoms with van der Waals surface area (Å²) >= 11 is 1.78. The quantitative estimate of drug-likeness (QED) is 0.826. The van der Waals surface area contributed by atoms with Gasteiger partial charge in [-0.1, -0.05) is 0 Å². The smallest absolute Gasteiger partial charge is 0.358 e. The minimum Gasteiger partial charge on any atom is -0.476 e. The van der Waals surface area contributed by atoms with Gasteiger partial charge in [-0.15, -0.1) is 5.10 Å². The van der Waals surface area contributed by atoms with Gasteiger partial charge < -0.3 is 10.0 Å². The molecule has 2 fully saturated rings. The monoisotopic (exact) mass is 324 g/mol.